The zero-order valence-corrected chi connectivity index (χ0v) is 17.3. The van der Waals surface area contributed by atoms with Crippen molar-refractivity contribution < 1.29 is 19.0 Å². The molecule has 1 heterocycles. The van der Waals surface area contributed by atoms with Crippen LogP contribution in [0.5, 0.6) is 0 Å². The fourth-order valence-corrected chi connectivity index (χ4v) is 8.44. The van der Waals surface area contributed by atoms with Gasteiger partial charge in [-0.05, 0) is 74.0 Å². The summed E-state index contributed by atoms with van der Waals surface area (Å²) in [5.41, 5.74) is 0.523. The van der Waals surface area contributed by atoms with Crippen molar-refractivity contribution in [3.63, 3.8) is 0 Å². The van der Waals surface area contributed by atoms with Gasteiger partial charge in [0.1, 0.15) is 6.10 Å². The Bertz CT molecular complexity index is 611. The number of esters is 1. The normalized spacial score (nSPS) is 50.7. The minimum atomic E-state index is -0.288. The van der Waals surface area contributed by atoms with Gasteiger partial charge in [0, 0.05) is 25.2 Å². The van der Waals surface area contributed by atoms with Gasteiger partial charge in [-0.25, -0.2) is 0 Å². The fourth-order valence-electron chi connectivity index (χ4n) is 8.44. The van der Waals surface area contributed by atoms with Gasteiger partial charge in [0.05, 0.1) is 13.2 Å². The predicted octanol–water partition coefficient (Wildman–Crippen LogP) is 4.70. The van der Waals surface area contributed by atoms with Crippen molar-refractivity contribution in [1.29, 1.82) is 0 Å². The number of hydrogen-bond acceptors (Lipinski definition) is 4. The van der Waals surface area contributed by atoms with E-state index < -0.39 is 0 Å². The number of carbonyl (C=O) groups excluding carboxylic acids is 1. The second kappa shape index (κ2) is 6.19. The molecule has 5 aliphatic rings. The number of rotatable bonds is 1. The Labute approximate surface area is 163 Å². The Hall–Kier alpha value is -0.610. The molecular formula is C23H36O4. The molecule has 0 radical (unpaired) electrons. The molecule has 1 aliphatic heterocycles. The summed E-state index contributed by atoms with van der Waals surface area (Å²) in [7, 11) is 0. The van der Waals surface area contributed by atoms with Crippen LogP contribution in [-0.4, -0.2) is 31.1 Å². The molecule has 152 valence electrons. The molecule has 1 saturated heterocycles. The highest BCUT2D eigenvalue weighted by Crippen LogP contribution is 2.67. The molecule has 0 bridgehead atoms. The van der Waals surface area contributed by atoms with E-state index >= 15 is 0 Å². The lowest BCUT2D eigenvalue weighted by Crippen LogP contribution is -2.57. The minimum Gasteiger partial charge on any atom is -0.462 e. The molecule has 7 atom stereocenters. The van der Waals surface area contributed by atoms with E-state index in [2.05, 4.69) is 13.8 Å². The molecule has 0 aromatic rings. The Kier molecular flexibility index (Phi) is 4.22. The van der Waals surface area contributed by atoms with E-state index in [1.807, 2.05) is 0 Å². The highest BCUT2D eigenvalue weighted by atomic mass is 16.7. The summed E-state index contributed by atoms with van der Waals surface area (Å²) in [5.74, 6) is 2.69. The van der Waals surface area contributed by atoms with Crippen molar-refractivity contribution in [2.75, 3.05) is 13.2 Å². The molecular weight excluding hydrogens is 340 g/mol. The van der Waals surface area contributed by atoms with Crippen LogP contribution in [0, 0.1) is 34.5 Å². The predicted molar refractivity (Wildman–Crippen MR) is 102 cm³/mol. The third kappa shape index (κ3) is 2.65. The van der Waals surface area contributed by atoms with E-state index in [9.17, 15) is 4.79 Å². The maximum atomic E-state index is 11.6. The summed E-state index contributed by atoms with van der Waals surface area (Å²) in [6.45, 7) is 8.06. The first kappa shape index (κ1) is 18.4. The molecule has 0 aromatic heterocycles. The van der Waals surface area contributed by atoms with Gasteiger partial charge < -0.3 is 14.2 Å². The number of hydrogen-bond donors (Lipinski definition) is 0. The van der Waals surface area contributed by atoms with Crippen LogP contribution in [0.15, 0.2) is 0 Å². The maximum Gasteiger partial charge on any atom is 0.302 e. The summed E-state index contributed by atoms with van der Waals surface area (Å²) < 4.78 is 18.1. The lowest BCUT2D eigenvalue weighted by molar-refractivity contribution is -0.239. The van der Waals surface area contributed by atoms with Gasteiger partial charge in [0.15, 0.2) is 5.79 Å². The maximum absolute atomic E-state index is 11.6. The topological polar surface area (TPSA) is 44.8 Å². The second-order valence-corrected chi connectivity index (χ2v) is 10.7. The zero-order valence-electron chi connectivity index (χ0n) is 17.3. The van der Waals surface area contributed by atoms with Crippen molar-refractivity contribution in [2.45, 2.75) is 90.4 Å². The molecule has 0 aromatic carbocycles. The lowest BCUT2D eigenvalue weighted by atomic mass is 9.44. The highest BCUT2D eigenvalue weighted by molar-refractivity contribution is 5.66. The van der Waals surface area contributed by atoms with Gasteiger partial charge in [-0.1, -0.05) is 13.8 Å². The van der Waals surface area contributed by atoms with Gasteiger partial charge in [-0.2, -0.15) is 0 Å². The standard InChI is InChI=1S/C23H36O4/c1-15(24)27-20-7-6-18-17-5-4-16-8-11-23(25-12-13-26-23)14-22(16,3)19(17)9-10-21(18,20)2/h16-20H,4-14H2,1-3H3/t16-,17-,18-,19-,20+,21-,22-/m0/s1. The molecule has 4 aliphatic carbocycles. The average Bonchev–Trinajstić information content (AvgIpc) is 3.19. The molecule has 5 fully saturated rings. The Balaban J connectivity index is 1.41. The Morgan fingerprint density at radius 1 is 0.889 bits per heavy atom. The molecule has 0 amide bonds. The fraction of sp³-hybridized carbons (Fsp3) is 0.957. The quantitative estimate of drug-likeness (QED) is 0.622. The summed E-state index contributed by atoms with van der Waals surface area (Å²) in [6.07, 6.45) is 11.1. The average molecular weight is 377 g/mol. The van der Waals surface area contributed by atoms with Crippen molar-refractivity contribution in [2.24, 2.45) is 34.5 Å². The SMILES string of the molecule is CC(=O)O[C@@H]1CC[C@H]2[C@@H]3CC[C@H]4CCC5(C[C@]4(C)[C@H]3CC[C@]12C)OCCO5. The van der Waals surface area contributed by atoms with Crippen LogP contribution in [0.3, 0.4) is 0 Å². The number of carbonyl (C=O) groups is 1. The first-order chi connectivity index (χ1) is 12.9. The molecule has 1 spiro atoms. The molecule has 4 nitrogen and oxygen atoms in total. The molecule has 0 unspecified atom stereocenters. The van der Waals surface area contributed by atoms with Crippen LogP contribution in [-0.2, 0) is 19.0 Å². The van der Waals surface area contributed by atoms with E-state index in [0.717, 1.165) is 50.2 Å². The highest BCUT2D eigenvalue weighted by Gasteiger charge is 2.63. The lowest BCUT2D eigenvalue weighted by Gasteiger charge is -2.62. The van der Waals surface area contributed by atoms with Crippen LogP contribution in [0.4, 0.5) is 0 Å². The van der Waals surface area contributed by atoms with E-state index in [1.165, 1.54) is 38.5 Å². The minimum absolute atomic E-state index is 0.107. The van der Waals surface area contributed by atoms with E-state index in [-0.39, 0.29) is 23.3 Å². The molecule has 27 heavy (non-hydrogen) atoms. The van der Waals surface area contributed by atoms with Gasteiger partial charge >= 0.3 is 5.97 Å². The van der Waals surface area contributed by atoms with Crippen LogP contribution in [0.1, 0.15) is 78.6 Å². The monoisotopic (exact) mass is 376 g/mol. The smallest absolute Gasteiger partial charge is 0.302 e. The molecule has 0 N–H and O–H groups in total. The molecule has 4 heteroatoms. The second-order valence-electron chi connectivity index (χ2n) is 10.7. The molecule has 5 rings (SSSR count). The van der Waals surface area contributed by atoms with Crippen LogP contribution in [0.2, 0.25) is 0 Å². The van der Waals surface area contributed by atoms with Crippen LogP contribution < -0.4 is 0 Å². The van der Waals surface area contributed by atoms with Crippen LogP contribution >= 0.6 is 0 Å². The number of ether oxygens (including phenoxy) is 3. The Morgan fingerprint density at radius 3 is 2.37 bits per heavy atom. The van der Waals surface area contributed by atoms with Gasteiger partial charge in [-0.3, -0.25) is 4.79 Å². The summed E-state index contributed by atoms with van der Waals surface area (Å²) in [4.78, 5) is 11.6. The third-order valence-corrected chi connectivity index (χ3v) is 9.62. The number of fused-ring (bicyclic) bond motifs is 5. The summed E-state index contributed by atoms with van der Waals surface area (Å²) >= 11 is 0. The Morgan fingerprint density at radius 2 is 1.63 bits per heavy atom. The first-order valence-electron chi connectivity index (χ1n) is 11.3. The van der Waals surface area contributed by atoms with Crippen molar-refractivity contribution in [3.05, 3.63) is 0 Å². The van der Waals surface area contributed by atoms with Gasteiger partial charge in [-0.15, -0.1) is 0 Å². The van der Waals surface area contributed by atoms with E-state index in [4.69, 9.17) is 14.2 Å². The van der Waals surface area contributed by atoms with E-state index in [1.54, 1.807) is 6.92 Å². The first-order valence-corrected chi connectivity index (χ1v) is 11.3. The zero-order chi connectivity index (χ0) is 18.9. The van der Waals surface area contributed by atoms with E-state index in [0.29, 0.717) is 11.3 Å². The van der Waals surface area contributed by atoms with Crippen molar-refractivity contribution in [1.82, 2.24) is 0 Å². The summed E-state index contributed by atoms with van der Waals surface area (Å²) in [6, 6.07) is 0. The van der Waals surface area contributed by atoms with Crippen LogP contribution in [0.25, 0.3) is 0 Å². The van der Waals surface area contributed by atoms with Crippen molar-refractivity contribution >= 4 is 5.97 Å². The van der Waals surface area contributed by atoms with Gasteiger partial charge in [0.2, 0.25) is 0 Å². The van der Waals surface area contributed by atoms with Crippen molar-refractivity contribution in [3.8, 4) is 0 Å². The molecule has 4 saturated carbocycles. The van der Waals surface area contributed by atoms with Gasteiger partial charge in [0.25, 0.3) is 0 Å². The largest absolute Gasteiger partial charge is 0.462 e. The third-order valence-electron chi connectivity index (χ3n) is 9.62. The summed E-state index contributed by atoms with van der Waals surface area (Å²) in [5, 5.41) is 0.